The summed E-state index contributed by atoms with van der Waals surface area (Å²) >= 11 is 0. The van der Waals surface area contributed by atoms with Gasteiger partial charge in [-0.05, 0) is 75.6 Å². The van der Waals surface area contributed by atoms with Crippen LogP contribution in [0.3, 0.4) is 0 Å². The Morgan fingerprint density at radius 2 is 1.43 bits per heavy atom. The van der Waals surface area contributed by atoms with E-state index in [9.17, 15) is 13.2 Å². The highest BCUT2D eigenvalue weighted by molar-refractivity contribution is 5.55. The lowest BCUT2D eigenvalue weighted by Crippen LogP contribution is -2.22. The Labute approximate surface area is 174 Å². The Kier molecular flexibility index (Phi) is 6.29. The zero-order valence-corrected chi connectivity index (χ0v) is 16.8. The first-order valence-electron chi connectivity index (χ1n) is 10.6. The highest BCUT2D eigenvalue weighted by atomic mass is 19.4. The summed E-state index contributed by atoms with van der Waals surface area (Å²) in [5, 5.41) is 2.96. The summed E-state index contributed by atoms with van der Waals surface area (Å²) in [6.07, 6.45) is 5.26. The molecule has 0 spiro atoms. The zero-order chi connectivity index (χ0) is 21.0. The van der Waals surface area contributed by atoms with Crippen LogP contribution in [0, 0.1) is 0 Å². The van der Waals surface area contributed by atoms with Crippen molar-refractivity contribution < 1.29 is 22.6 Å². The monoisotopic (exact) mass is 421 g/mol. The van der Waals surface area contributed by atoms with Gasteiger partial charge in [-0.25, -0.2) is 4.98 Å². The fourth-order valence-corrected chi connectivity index (χ4v) is 4.00. The molecule has 2 aliphatic carbocycles. The third-order valence-electron chi connectivity index (χ3n) is 5.61. The molecule has 1 heterocycles. The zero-order valence-electron chi connectivity index (χ0n) is 16.8. The lowest BCUT2D eigenvalue weighted by atomic mass is 9.98. The lowest BCUT2D eigenvalue weighted by Gasteiger charge is -2.24. The molecule has 0 unspecified atom stereocenters. The highest BCUT2D eigenvalue weighted by Gasteiger charge is 2.37. The smallest absolute Gasteiger partial charge is 0.423 e. The fraction of sp³-hybridized carbons (Fsp3) is 0.545. The topological polar surface area (TPSA) is 56.3 Å². The summed E-state index contributed by atoms with van der Waals surface area (Å²) in [4.78, 5) is 7.88. The van der Waals surface area contributed by atoms with Crippen molar-refractivity contribution in [1.82, 2.24) is 9.97 Å². The summed E-state index contributed by atoms with van der Waals surface area (Å²) < 4.78 is 51.7. The lowest BCUT2D eigenvalue weighted by molar-refractivity contribution is -0.140. The number of ether oxygens (including phenoxy) is 2. The van der Waals surface area contributed by atoms with Gasteiger partial charge in [-0.1, -0.05) is 6.42 Å². The number of benzene rings is 1. The molecule has 162 valence electrons. The van der Waals surface area contributed by atoms with E-state index in [1.54, 1.807) is 12.1 Å². The molecule has 0 saturated heterocycles. The van der Waals surface area contributed by atoms with Gasteiger partial charge in [0.25, 0.3) is 0 Å². The molecule has 0 bridgehead atoms. The van der Waals surface area contributed by atoms with E-state index in [-0.39, 0.29) is 18.2 Å². The minimum atomic E-state index is -4.57. The number of hydrogen-bond donors (Lipinski definition) is 1. The number of rotatable bonds is 6. The predicted molar refractivity (Wildman–Crippen MR) is 107 cm³/mol. The summed E-state index contributed by atoms with van der Waals surface area (Å²) in [6, 6.07) is 7.27. The van der Waals surface area contributed by atoms with Crippen LogP contribution < -0.4 is 14.8 Å². The molecule has 30 heavy (non-hydrogen) atoms. The second-order valence-electron chi connectivity index (χ2n) is 7.96. The molecule has 2 aliphatic rings. The number of halogens is 3. The Hall–Kier alpha value is -2.51. The Morgan fingerprint density at radius 3 is 2.07 bits per heavy atom. The van der Waals surface area contributed by atoms with E-state index in [1.807, 2.05) is 12.1 Å². The van der Waals surface area contributed by atoms with Crippen LogP contribution >= 0.6 is 0 Å². The van der Waals surface area contributed by atoms with Gasteiger partial charge in [-0.3, -0.25) is 0 Å². The molecule has 1 N–H and O–H groups in total. The van der Waals surface area contributed by atoms with Crippen LogP contribution in [-0.2, 0) is 6.18 Å². The first-order valence-corrected chi connectivity index (χ1v) is 10.6. The van der Waals surface area contributed by atoms with E-state index in [2.05, 4.69) is 15.3 Å². The molecule has 0 radical (unpaired) electrons. The predicted octanol–water partition coefficient (Wildman–Crippen LogP) is 6.27. The molecule has 8 heteroatoms. The number of alkyl halides is 3. The van der Waals surface area contributed by atoms with Crippen LogP contribution in [0.15, 0.2) is 30.5 Å². The number of hydrogen-bond acceptors (Lipinski definition) is 5. The van der Waals surface area contributed by atoms with Crippen molar-refractivity contribution in [3.05, 3.63) is 36.0 Å². The summed E-state index contributed by atoms with van der Waals surface area (Å²) in [5.74, 6) is 0.438. The molecule has 5 nitrogen and oxygen atoms in total. The van der Waals surface area contributed by atoms with E-state index in [0.717, 1.165) is 56.9 Å². The quantitative estimate of drug-likeness (QED) is 0.596. The maximum atomic E-state index is 13.4. The van der Waals surface area contributed by atoms with E-state index < -0.39 is 17.6 Å². The minimum absolute atomic E-state index is 0.0678. The fourth-order valence-electron chi connectivity index (χ4n) is 4.00. The van der Waals surface area contributed by atoms with Crippen molar-refractivity contribution in [2.75, 3.05) is 5.32 Å². The molecule has 2 saturated carbocycles. The van der Waals surface area contributed by atoms with Crippen LogP contribution in [0.25, 0.3) is 0 Å². The first kappa shape index (κ1) is 20.8. The number of nitrogens with zero attached hydrogens (tertiary/aromatic N) is 2. The third kappa shape index (κ3) is 5.34. The normalized spacial score (nSPS) is 18.4. The van der Waals surface area contributed by atoms with E-state index in [1.165, 1.54) is 12.8 Å². The summed E-state index contributed by atoms with van der Waals surface area (Å²) in [6.45, 7) is 0. The van der Waals surface area contributed by atoms with E-state index >= 15 is 0 Å². The van der Waals surface area contributed by atoms with Crippen LogP contribution in [0.2, 0.25) is 0 Å². The number of aromatic nitrogens is 2. The van der Waals surface area contributed by atoms with Gasteiger partial charge >= 0.3 is 6.18 Å². The van der Waals surface area contributed by atoms with Crippen molar-refractivity contribution >= 4 is 11.6 Å². The molecule has 4 rings (SSSR count). The Morgan fingerprint density at radius 1 is 0.833 bits per heavy atom. The Balaban J connectivity index is 1.47. The van der Waals surface area contributed by atoms with Crippen LogP contribution in [0.4, 0.5) is 24.8 Å². The molecule has 0 aliphatic heterocycles. The number of nitrogens with one attached hydrogen (secondary N) is 1. The molecule has 2 fully saturated rings. The second kappa shape index (κ2) is 9.10. The molecule has 1 aromatic carbocycles. The van der Waals surface area contributed by atoms with Crippen LogP contribution in [0.1, 0.15) is 63.4 Å². The van der Waals surface area contributed by atoms with Crippen molar-refractivity contribution in [2.45, 2.75) is 76.2 Å². The third-order valence-corrected chi connectivity index (χ3v) is 5.61. The second-order valence-corrected chi connectivity index (χ2v) is 7.96. The van der Waals surface area contributed by atoms with Gasteiger partial charge in [0.2, 0.25) is 11.8 Å². The van der Waals surface area contributed by atoms with Crippen LogP contribution in [-0.4, -0.2) is 22.2 Å². The standard InChI is InChI=1S/C22H26F3N3O2/c23-22(24,25)19-14-26-21(28-20(19)30-17-6-2-1-3-7-17)27-15-10-12-18(13-11-15)29-16-8-4-5-9-16/h10-14,16-17H,1-9H2,(H,26,27,28). The molecule has 1 aromatic heterocycles. The van der Waals surface area contributed by atoms with Gasteiger partial charge in [0.1, 0.15) is 17.4 Å². The molecule has 0 atom stereocenters. The maximum Gasteiger partial charge on any atom is 0.423 e. The van der Waals surface area contributed by atoms with Crippen molar-refractivity contribution in [3.63, 3.8) is 0 Å². The van der Waals surface area contributed by atoms with Crippen molar-refractivity contribution in [2.24, 2.45) is 0 Å². The molecule has 0 amide bonds. The first-order chi connectivity index (χ1) is 14.5. The largest absolute Gasteiger partial charge is 0.490 e. The average Bonchev–Trinajstić information content (AvgIpc) is 3.23. The molecule has 2 aromatic rings. The SMILES string of the molecule is FC(F)(F)c1cnc(Nc2ccc(OC3CCCC3)cc2)nc1OC1CCCCC1. The van der Waals surface area contributed by atoms with E-state index in [4.69, 9.17) is 9.47 Å². The summed E-state index contributed by atoms with van der Waals surface area (Å²) in [7, 11) is 0. The Bertz CT molecular complexity index is 831. The van der Waals surface area contributed by atoms with Gasteiger partial charge in [0.15, 0.2) is 0 Å². The molecular weight excluding hydrogens is 395 g/mol. The van der Waals surface area contributed by atoms with Crippen LogP contribution in [0.5, 0.6) is 11.6 Å². The maximum absolute atomic E-state index is 13.4. The van der Waals surface area contributed by atoms with Gasteiger partial charge < -0.3 is 14.8 Å². The van der Waals surface area contributed by atoms with Gasteiger partial charge in [-0.15, -0.1) is 0 Å². The minimum Gasteiger partial charge on any atom is -0.490 e. The van der Waals surface area contributed by atoms with Crippen molar-refractivity contribution in [3.8, 4) is 11.6 Å². The van der Waals surface area contributed by atoms with Gasteiger partial charge in [0, 0.05) is 11.9 Å². The van der Waals surface area contributed by atoms with Gasteiger partial charge in [-0.2, -0.15) is 18.2 Å². The highest BCUT2D eigenvalue weighted by Crippen LogP contribution is 2.37. The van der Waals surface area contributed by atoms with E-state index in [0.29, 0.717) is 5.69 Å². The van der Waals surface area contributed by atoms with Crippen molar-refractivity contribution in [1.29, 1.82) is 0 Å². The average molecular weight is 421 g/mol. The number of anilines is 2. The van der Waals surface area contributed by atoms with Gasteiger partial charge in [0.05, 0.1) is 6.10 Å². The summed E-state index contributed by atoms with van der Waals surface area (Å²) in [5.41, 5.74) is -0.281. The molecular formula is C22H26F3N3O2.